The summed E-state index contributed by atoms with van der Waals surface area (Å²) in [5.74, 6) is 1.14. The van der Waals surface area contributed by atoms with E-state index in [9.17, 15) is 9.59 Å². The summed E-state index contributed by atoms with van der Waals surface area (Å²) in [7, 11) is 0. The zero-order valence-electron chi connectivity index (χ0n) is 15.7. The highest BCUT2D eigenvalue weighted by Gasteiger charge is 2.31. The van der Waals surface area contributed by atoms with Crippen LogP contribution in [-0.4, -0.2) is 34.4 Å². The standard InChI is InChI=1S/C21H17IN2O4S2/c22-14-3-1-4-15(11-14)23-19(25)5-2-8-24-20(26)18(30-21(24)29)10-13-6-7-16-17(9-13)28-12-27-16/h1,3-4,6-7,9-11H,2,5,8,12H2,(H,23,25). The van der Waals surface area contributed by atoms with Gasteiger partial charge in [0.15, 0.2) is 11.5 Å². The van der Waals surface area contributed by atoms with E-state index in [1.165, 1.54) is 11.8 Å². The number of hydrogen-bond donors (Lipinski definition) is 1. The van der Waals surface area contributed by atoms with Crippen molar-refractivity contribution in [1.29, 1.82) is 0 Å². The minimum absolute atomic E-state index is 0.0849. The van der Waals surface area contributed by atoms with E-state index in [0.29, 0.717) is 40.1 Å². The molecule has 0 aliphatic carbocycles. The van der Waals surface area contributed by atoms with E-state index in [-0.39, 0.29) is 18.6 Å². The van der Waals surface area contributed by atoms with Crippen molar-refractivity contribution in [2.45, 2.75) is 12.8 Å². The van der Waals surface area contributed by atoms with Gasteiger partial charge in [-0.2, -0.15) is 0 Å². The number of fused-ring (bicyclic) bond motifs is 1. The number of hydrogen-bond acceptors (Lipinski definition) is 6. The molecule has 0 spiro atoms. The molecule has 2 amide bonds. The van der Waals surface area contributed by atoms with Gasteiger partial charge in [0, 0.05) is 22.2 Å². The number of rotatable bonds is 6. The van der Waals surface area contributed by atoms with Crippen LogP contribution < -0.4 is 14.8 Å². The van der Waals surface area contributed by atoms with Gasteiger partial charge < -0.3 is 14.8 Å². The Bertz CT molecular complexity index is 1060. The van der Waals surface area contributed by atoms with Crippen LogP contribution in [0.1, 0.15) is 18.4 Å². The van der Waals surface area contributed by atoms with Gasteiger partial charge in [-0.25, -0.2) is 0 Å². The van der Waals surface area contributed by atoms with E-state index >= 15 is 0 Å². The Balaban J connectivity index is 1.32. The van der Waals surface area contributed by atoms with Gasteiger partial charge in [0.2, 0.25) is 12.7 Å². The number of halogens is 1. The van der Waals surface area contributed by atoms with Gasteiger partial charge in [-0.05, 0) is 71.0 Å². The van der Waals surface area contributed by atoms with Crippen molar-refractivity contribution in [3.05, 3.63) is 56.5 Å². The average Bonchev–Trinajstić information content (AvgIpc) is 3.27. The smallest absolute Gasteiger partial charge is 0.266 e. The van der Waals surface area contributed by atoms with Crippen molar-refractivity contribution < 1.29 is 19.1 Å². The Kier molecular flexibility index (Phi) is 6.59. The lowest BCUT2D eigenvalue weighted by molar-refractivity contribution is -0.122. The Morgan fingerprint density at radius 3 is 2.90 bits per heavy atom. The fourth-order valence-corrected chi connectivity index (χ4v) is 4.89. The third-order valence-electron chi connectivity index (χ3n) is 4.46. The summed E-state index contributed by atoms with van der Waals surface area (Å²) < 4.78 is 12.2. The Morgan fingerprint density at radius 2 is 2.07 bits per heavy atom. The molecule has 6 nitrogen and oxygen atoms in total. The second-order valence-corrected chi connectivity index (χ2v) is 9.53. The number of amides is 2. The topological polar surface area (TPSA) is 67.9 Å². The van der Waals surface area contributed by atoms with Crippen LogP contribution in [0, 0.1) is 3.57 Å². The van der Waals surface area contributed by atoms with Gasteiger partial charge in [0.1, 0.15) is 4.32 Å². The van der Waals surface area contributed by atoms with E-state index in [2.05, 4.69) is 27.9 Å². The maximum Gasteiger partial charge on any atom is 0.266 e. The van der Waals surface area contributed by atoms with Crippen molar-refractivity contribution in [2.75, 3.05) is 18.7 Å². The quantitative estimate of drug-likeness (QED) is 0.320. The van der Waals surface area contributed by atoms with E-state index in [1.807, 2.05) is 42.5 Å². The number of nitrogens with one attached hydrogen (secondary N) is 1. The highest BCUT2D eigenvalue weighted by molar-refractivity contribution is 14.1. The number of anilines is 1. The summed E-state index contributed by atoms with van der Waals surface area (Å²) in [5, 5.41) is 2.87. The van der Waals surface area contributed by atoms with Crippen LogP contribution in [0.3, 0.4) is 0 Å². The molecule has 0 unspecified atom stereocenters. The number of carbonyl (C=O) groups is 2. The molecule has 0 saturated carbocycles. The first-order chi connectivity index (χ1) is 14.5. The molecule has 30 heavy (non-hydrogen) atoms. The van der Waals surface area contributed by atoms with E-state index < -0.39 is 0 Å². The number of ether oxygens (including phenoxy) is 2. The molecular weight excluding hydrogens is 535 g/mol. The zero-order valence-corrected chi connectivity index (χ0v) is 19.5. The van der Waals surface area contributed by atoms with Crippen molar-refractivity contribution in [3.63, 3.8) is 0 Å². The Morgan fingerprint density at radius 1 is 1.23 bits per heavy atom. The number of thioether (sulfide) groups is 1. The normalized spacial score (nSPS) is 16.4. The van der Waals surface area contributed by atoms with Crippen LogP contribution in [0.2, 0.25) is 0 Å². The Hall–Kier alpha value is -2.11. The third kappa shape index (κ3) is 4.96. The average molecular weight is 552 g/mol. The summed E-state index contributed by atoms with van der Waals surface area (Å²) in [6.45, 7) is 0.612. The summed E-state index contributed by atoms with van der Waals surface area (Å²) >= 11 is 8.84. The lowest BCUT2D eigenvalue weighted by Crippen LogP contribution is -2.29. The van der Waals surface area contributed by atoms with Gasteiger partial charge in [-0.15, -0.1) is 0 Å². The predicted molar refractivity (Wildman–Crippen MR) is 129 cm³/mol. The van der Waals surface area contributed by atoms with E-state index in [4.69, 9.17) is 21.7 Å². The molecule has 2 aromatic carbocycles. The molecular formula is C21H17IN2O4S2. The van der Waals surface area contributed by atoms with Gasteiger partial charge in [0.25, 0.3) is 5.91 Å². The molecule has 2 aliphatic heterocycles. The molecule has 2 heterocycles. The maximum atomic E-state index is 12.8. The highest BCUT2D eigenvalue weighted by Crippen LogP contribution is 2.36. The molecule has 0 aromatic heterocycles. The molecule has 1 fully saturated rings. The largest absolute Gasteiger partial charge is 0.454 e. The second-order valence-electron chi connectivity index (χ2n) is 6.61. The van der Waals surface area contributed by atoms with Crippen LogP contribution in [0.5, 0.6) is 11.5 Å². The van der Waals surface area contributed by atoms with Crippen LogP contribution >= 0.6 is 46.6 Å². The van der Waals surface area contributed by atoms with Crippen molar-refractivity contribution >= 4 is 74.5 Å². The van der Waals surface area contributed by atoms with Crippen LogP contribution in [0.25, 0.3) is 6.08 Å². The van der Waals surface area contributed by atoms with Gasteiger partial charge >= 0.3 is 0 Å². The summed E-state index contributed by atoms with van der Waals surface area (Å²) in [5.41, 5.74) is 1.61. The van der Waals surface area contributed by atoms with Crippen molar-refractivity contribution in [3.8, 4) is 11.5 Å². The maximum absolute atomic E-state index is 12.8. The molecule has 0 bridgehead atoms. The molecule has 4 rings (SSSR count). The molecule has 154 valence electrons. The molecule has 0 radical (unpaired) electrons. The third-order valence-corrected chi connectivity index (χ3v) is 6.51. The minimum Gasteiger partial charge on any atom is -0.454 e. The first kappa shape index (κ1) is 21.1. The van der Waals surface area contributed by atoms with Gasteiger partial charge in [-0.3, -0.25) is 14.5 Å². The van der Waals surface area contributed by atoms with Crippen LogP contribution in [-0.2, 0) is 9.59 Å². The Labute approximate surface area is 197 Å². The summed E-state index contributed by atoms with van der Waals surface area (Å²) in [6.07, 6.45) is 2.63. The first-order valence-corrected chi connectivity index (χ1v) is 11.5. The SMILES string of the molecule is O=C(CCCN1C(=O)C(=Cc2ccc3c(c2)OCO3)SC1=S)Nc1cccc(I)c1. The predicted octanol–water partition coefficient (Wildman–Crippen LogP) is 4.64. The number of carbonyl (C=O) groups excluding carboxylic acids is 2. The second kappa shape index (κ2) is 9.36. The van der Waals surface area contributed by atoms with Crippen molar-refractivity contribution in [1.82, 2.24) is 4.90 Å². The van der Waals surface area contributed by atoms with Gasteiger partial charge in [-0.1, -0.05) is 36.1 Å². The van der Waals surface area contributed by atoms with Crippen LogP contribution in [0.4, 0.5) is 5.69 Å². The zero-order chi connectivity index (χ0) is 21.1. The van der Waals surface area contributed by atoms with Gasteiger partial charge in [0.05, 0.1) is 4.91 Å². The first-order valence-electron chi connectivity index (χ1n) is 9.20. The highest BCUT2D eigenvalue weighted by atomic mass is 127. The summed E-state index contributed by atoms with van der Waals surface area (Å²) in [6, 6.07) is 13.1. The number of benzene rings is 2. The molecule has 9 heteroatoms. The molecule has 1 N–H and O–H groups in total. The lowest BCUT2D eigenvalue weighted by atomic mass is 10.2. The lowest BCUT2D eigenvalue weighted by Gasteiger charge is -2.14. The minimum atomic E-state index is -0.138. The number of nitrogens with zero attached hydrogens (tertiary/aromatic N) is 1. The fourth-order valence-electron chi connectivity index (χ4n) is 3.03. The monoisotopic (exact) mass is 552 g/mol. The molecule has 1 saturated heterocycles. The molecule has 0 atom stereocenters. The molecule has 2 aromatic rings. The molecule has 2 aliphatic rings. The summed E-state index contributed by atoms with van der Waals surface area (Å²) in [4.78, 5) is 27.0. The van der Waals surface area contributed by atoms with E-state index in [0.717, 1.165) is 14.8 Å². The van der Waals surface area contributed by atoms with Crippen LogP contribution in [0.15, 0.2) is 47.4 Å². The van der Waals surface area contributed by atoms with E-state index in [1.54, 1.807) is 11.0 Å². The fraction of sp³-hybridized carbons (Fsp3) is 0.190. The van der Waals surface area contributed by atoms with Crippen molar-refractivity contribution in [2.24, 2.45) is 0 Å². The number of thiocarbonyl (C=S) groups is 1.